The van der Waals surface area contributed by atoms with E-state index in [4.69, 9.17) is 19.4 Å². The molecule has 1 N–H and O–H groups in total. The average Bonchev–Trinajstić information content (AvgIpc) is 3.23. The Balaban J connectivity index is 1.38. The second-order valence-electron chi connectivity index (χ2n) is 8.55. The Morgan fingerprint density at radius 3 is 2.80 bits per heavy atom. The van der Waals surface area contributed by atoms with E-state index in [1.807, 2.05) is 24.3 Å². The molecule has 7 nitrogen and oxygen atoms in total. The van der Waals surface area contributed by atoms with Crippen LogP contribution in [0.3, 0.4) is 0 Å². The molecule has 2 aromatic carbocycles. The minimum Gasteiger partial charge on any atom is -0.370 e. The molecule has 178 valence electrons. The fourth-order valence-electron chi connectivity index (χ4n) is 4.35. The Morgan fingerprint density at radius 1 is 1.17 bits per heavy atom. The molecule has 35 heavy (non-hydrogen) atoms. The number of hydrogen-bond donors (Lipinski definition) is 1. The molecule has 11 heteroatoms. The average molecular weight is 510 g/mol. The zero-order chi connectivity index (χ0) is 24.6. The minimum absolute atomic E-state index is 0.0293. The number of nitrogens with zero attached hydrogens (tertiary/aromatic N) is 4. The van der Waals surface area contributed by atoms with Crippen LogP contribution in [0.1, 0.15) is 12.8 Å². The summed E-state index contributed by atoms with van der Waals surface area (Å²) in [5.41, 5.74) is 2.36. The summed E-state index contributed by atoms with van der Waals surface area (Å²) < 4.78 is 42.8. The third-order valence-corrected chi connectivity index (χ3v) is 8.33. The van der Waals surface area contributed by atoms with Gasteiger partial charge in [-0.25, -0.2) is 17.8 Å². The lowest BCUT2D eigenvalue weighted by Crippen LogP contribution is -2.41. The first kappa shape index (κ1) is 23.8. The van der Waals surface area contributed by atoms with Gasteiger partial charge < -0.3 is 5.32 Å². The van der Waals surface area contributed by atoms with Crippen molar-refractivity contribution >= 4 is 46.4 Å². The summed E-state index contributed by atoms with van der Waals surface area (Å²) >= 11 is 6.39. The molecule has 0 amide bonds. The molecule has 1 fully saturated rings. The molecule has 1 aliphatic heterocycles. The van der Waals surface area contributed by atoms with E-state index in [2.05, 4.69) is 15.4 Å². The predicted molar refractivity (Wildman–Crippen MR) is 135 cm³/mol. The van der Waals surface area contributed by atoms with Gasteiger partial charge >= 0.3 is 0 Å². The number of sulfonamides is 1. The van der Waals surface area contributed by atoms with E-state index in [1.165, 1.54) is 28.7 Å². The van der Waals surface area contributed by atoms with Crippen molar-refractivity contribution in [2.24, 2.45) is 5.92 Å². The molecule has 4 aromatic rings. The summed E-state index contributed by atoms with van der Waals surface area (Å²) in [5, 5.41) is 8.30. The smallest absolute Gasteiger partial charge is 0.243 e. The lowest BCUT2D eigenvalue weighted by Gasteiger charge is -2.32. The van der Waals surface area contributed by atoms with Gasteiger partial charge in [-0.3, -0.25) is 0 Å². The molecule has 2 radical (unpaired) electrons. The van der Waals surface area contributed by atoms with Crippen LogP contribution in [0.25, 0.3) is 16.9 Å². The van der Waals surface area contributed by atoms with E-state index in [-0.39, 0.29) is 10.8 Å². The highest BCUT2D eigenvalue weighted by atomic mass is 35.5. The number of aromatic nitrogens is 3. The summed E-state index contributed by atoms with van der Waals surface area (Å²) in [6.07, 6.45) is 3.11. The number of piperidine rings is 1. The second kappa shape index (κ2) is 9.60. The monoisotopic (exact) mass is 509 g/mol. The van der Waals surface area contributed by atoms with Gasteiger partial charge in [-0.15, -0.1) is 0 Å². The lowest BCUT2D eigenvalue weighted by atomic mass is 9.99. The van der Waals surface area contributed by atoms with E-state index in [1.54, 1.807) is 10.6 Å². The molecule has 1 aliphatic rings. The third kappa shape index (κ3) is 4.78. The van der Waals surface area contributed by atoms with E-state index >= 15 is 0 Å². The van der Waals surface area contributed by atoms with Gasteiger partial charge in [0, 0.05) is 42.5 Å². The predicted octanol–water partition coefficient (Wildman–Crippen LogP) is 3.50. The minimum atomic E-state index is -3.77. The van der Waals surface area contributed by atoms with Crippen LogP contribution >= 0.6 is 11.6 Å². The highest BCUT2D eigenvalue weighted by Gasteiger charge is 2.30. The maximum atomic E-state index is 13.6. The van der Waals surface area contributed by atoms with Crippen LogP contribution in [0.15, 0.2) is 65.7 Å². The van der Waals surface area contributed by atoms with Crippen molar-refractivity contribution in [3.05, 3.63) is 71.6 Å². The summed E-state index contributed by atoms with van der Waals surface area (Å²) in [7, 11) is 2.32. The van der Waals surface area contributed by atoms with Crippen LogP contribution in [0, 0.1) is 11.7 Å². The van der Waals surface area contributed by atoms with Crippen molar-refractivity contribution in [2.45, 2.75) is 17.7 Å². The van der Waals surface area contributed by atoms with Gasteiger partial charge in [0.05, 0.1) is 10.6 Å². The number of benzene rings is 2. The molecule has 0 bridgehead atoms. The number of halogens is 2. The van der Waals surface area contributed by atoms with Crippen LogP contribution in [0.4, 0.5) is 10.2 Å². The number of nitrogens with one attached hydrogen (secondary N) is 1. The topological polar surface area (TPSA) is 79.6 Å². The highest BCUT2D eigenvalue weighted by molar-refractivity contribution is 7.89. The van der Waals surface area contributed by atoms with Crippen molar-refractivity contribution in [3.63, 3.8) is 0 Å². The van der Waals surface area contributed by atoms with Gasteiger partial charge in [-0.2, -0.15) is 13.9 Å². The SMILES string of the molecule is [B]c1cnn2c(NCC3CCCN(S(=O)(=O)c4cccc(F)c4)C3)cc(-c3ccccc3Cl)nc12. The van der Waals surface area contributed by atoms with Crippen molar-refractivity contribution in [3.8, 4) is 11.3 Å². The van der Waals surface area contributed by atoms with Crippen LogP contribution in [0.5, 0.6) is 0 Å². The molecule has 2 aromatic heterocycles. The van der Waals surface area contributed by atoms with Gasteiger partial charge in [0.2, 0.25) is 10.0 Å². The molecule has 0 aliphatic carbocycles. The quantitative estimate of drug-likeness (QED) is 0.403. The number of anilines is 1. The van der Waals surface area contributed by atoms with Gasteiger partial charge in [0.15, 0.2) is 5.65 Å². The molecule has 1 atom stereocenters. The Kier molecular flexibility index (Phi) is 6.52. The van der Waals surface area contributed by atoms with Crippen LogP contribution in [-0.4, -0.2) is 54.8 Å². The summed E-state index contributed by atoms with van der Waals surface area (Å²) in [6.45, 7) is 1.25. The molecule has 5 rings (SSSR count). The summed E-state index contributed by atoms with van der Waals surface area (Å²) in [6, 6.07) is 14.4. The maximum absolute atomic E-state index is 13.6. The number of rotatable bonds is 6. The van der Waals surface area contributed by atoms with Crippen molar-refractivity contribution in [2.75, 3.05) is 25.0 Å². The van der Waals surface area contributed by atoms with Crippen molar-refractivity contribution in [1.82, 2.24) is 18.9 Å². The first-order valence-corrected chi connectivity index (χ1v) is 13.0. The van der Waals surface area contributed by atoms with Crippen molar-refractivity contribution < 1.29 is 12.8 Å². The van der Waals surface area contributed by atoms with Gasteiger partial charge in [-0.1, -0.05) is 35.9 Å². The first-order chi connectivity index (χ1) is 16.8. The summed E-state index contributed by atoms with van der Waals surface area (Å²) in [4.78, 5) is 4.61. The molecular formula is C24H22BClFN5O2S. The van der Waals surface area contributed by atoms with Gasteiger partial charge in [0.1, 0.15) is 19.5 Å². The van der Waals surface area contributed by atoms with E-state index < -0.39 is 15.8 Å². The van der Waals surface area contributed by atoms with E-state index in [0.29, 0.717) is 53.7 Å². The van der Waals surface area contributed by atoms with Crippen LogP contribution < -0.4 is 10.8 Å². The normalized spacial score (nSPS) is 17.0. The van der Waals surface area contributed by atoms with Gasteiger partial charge in [-0.05, 0) is 48.5 Å². The molecule has 1 saturated heterocycles. The second-order valence-corrected chi connectivity index (χ2v) is 10.9. The Bertz CT molecular complexity index is 1500. The van der Waals surface area contributed by atoms with E-state index in [9.17, 15) is 12.8 Å². The number of hydrogen-bond acceptors (Lipinski definition) is 5. The van der Waals surface area contributed by atoms with Gasteiger partial charge in [0.25, 0.3) is 0 Å². The third-order valence-electron chi connectivity index (χ3n) is 6.14. The Hall–Kier alpha value is -2.95. The fraction of sp³-hybridized carbons (Fsp3) is 0.250. The maximum Gasteiger partial charge on any atom is 0.243 e. The first-order valence-electron chi connectivity index (χ1n) is 11.2. The molecule has 0 spiro atoms. The molecular weight excluding hydrogens is 488 g/mol. The van der Waals surface area contributed by atoms with Crippen molar-refractivity contribution in [1.29, 1.82) is 0 Å². The molecule has 0 saturated carbocycles. The van der Waals surface area contributed by atoms with E-state index in [0.717, 1.165) is 18.1 Å². The van der Waals surface area contributed by atoms with Crippen LogP contribution in [-0.2, 0) is 10.0 Å². The number of fused-ring (bicyclic) bond motifs is 1. The summed E-state index contributed by atoms with van der Waals surface area (Å²) in [5.74, 6) is 0.148. The zero-order valence-corrected chi connectivity index (χ0v) is 20.3. The van der Waals surface area contributed by atoms with Crippen LogP contribution in [0.2, 0.25) is 5.02 Å². The largest absolute Gasteiger partial charge is 0.370 e. The molecule has 1 unspecified atom stereocenters. The Labute approximate surface area is 209 Å². The Morgan fingerprint density at radius 2 is 2.00 bits per heavy atom. The standard InChI is InChI=1S/C24H22BClFN5O2S/c25-20-14-29-32-23(12-22(30-24(20)32)19-8-1-2-9-21(19)26)28-13-16-5-4-10-31(15-16)35(33,34)18-7-3-6-17(27)11-18/h1-3,6-9,11-12,14,16,28H,4-5,10,13,15H2. The highest BCUT2D eigenvalue weighted by Crippen LogP contribution is 2.29. The zero-order valence-electron chi connectivity index (χ0n) is 18.7. The molecule has 3 heterocycles. The lowest BCUT2D eigenvalue weighted by molar-refractivity contribution is 0.275. The fourth-order valence-corrected chi connectivity index (χ4v) is 6.17.